The van der Waals surface area contributed by atoms with Crippen molar-refractivity contribution in [3.8, 4) is 0 Å². The highest BCUT2D eigenvalue weighted by Crippen LogP contribution is 2.40. The third kappa shape index (κ3) is 1.88. The molecule has 0 aliphatic heterocycles. The Morgan fingerprint density at radius 3 is 2.09 bits per heavy atom. The van der Waals surface area contributed by atoms with Gasteiger partial charge in [0.2, 0.25) is 0 Å². The van der Waals surface area contributed by atoms with Gasteiger partial charge in [-0.1, -0.05) is 6.92 Å². The summed E-state index contributed by atoms with van der Waals surface area (Å²) >= 11 is 6.14. The molecule has 3 atom stereocenters. The second-order valence-corrected chi connectivity index (χ2v) is 5.19. The minimum absolute atomic E-state index is 0.192. The largest absolute Gasteiger partial charge is 0.392 e. The summed E-state index contributed by atoms with van der Waals surface area (Å²) in [5.41, 5.74) is 0. The molecule has 0 heterocycles. The molecule has 1 aliphatic carbocycles. The normalized spacial score (nSPS) is 39.5. The summed E-state index contributed by atoms with van der Waals surface area (Å²) in [6, 6.07) is 0. The Bertz CT molecular complexity index is 139. The predicted molar refractivity (Wildman–Crippen MR) is 47.8 cm³/mol. The molecule has 1 fully saturated rings. The fraction of sp³-hybridized carbons (Fsp3) is 1.00. The van der Waals surface area contributed by atoms with Crippen molar-refractivity contribution in [3.63, 3.8) is 0 Å². The van der Waals surface area contributed by atoms with Gasteiger partial charge in [-0.3, -0.25) is 0 Å². The van der Waals surface area contributed by atoms with Crippen LogP contribution in [0, 0.1) is 11.8 Å². The minimum Gasteiger partial charge on any atom is -0.392 e. The molecule has 1 nitrogen and oxygen atoms in total. The maximum atomic E-state index is 9.71. The van der Waals surface area contributed by atoms with Crippen LogP contribution in [-0.2, 0) is 0 Å². The molecule has 1 rings (SSSR count). The Morgan fingerprint density at radius 2 is 1.91 bits per heavy atom. The molecule has 0 bridgehead atoms. The number of hydrogen-bond acceptors (Lipinski definition) is 1. The Hall–Kier alpha value is 0.250. The van der Waals surface area contributed by atoms with Gasteiger partial charge in [0, 0.05) is 10.8 Å². The molecule has 1 N–H and O–H groups in total. The lowest BCUT2D eigenvalue weighted by Gasteiger charge is -2.28. The van der Waals surface area contributed by atoms with Crippen LogP contribution in [0.4, 0.5) is 0 Å². The average molecular weight is 177 g/mol. The van der Waals surface area contributed by atoms with E-state index >= 15 is 0 Å². The highest BCUT2D eigenvalue weighted by atomic mass is 35.5. The average Bonchev–Trinajstić information content (AvgIpc) is 2.11. The van der Waals surface area contributed by atoms with E-state index in [2.05, 4.69) is 6.92 Å². The van der Waals surface area contributed by atoms with Crippen LogP contribution in [0.15, 0.2) is 0 Å². The van der Waals surface area contributed by atoms with Crippen LogP contribution >= 0.6 is 11.6 Å². The Labute approximate surface area is 73.8 Å². The summed E-state index contributed by atoms with van der Waals surface area (Å²) in [7, 11) is 0. The standard InChI is InChI=1S/C9H17ClO/c1-6-4-5-7(8(6)11)9(2,3)10/h6-8,11H,4-5H2,1-3H3/t6-,7-,8-/m1/s1. The molecule has 0 unspecified atom stereocenters. The van der Waals surface area contributed by atoms with Crippen molar-refractivity contribution in [1.82, 2.24) is 0 Å². The molecular formula is C9H17ClO. The molecule has 0 aromatic rings. The molecule has 66 valence electrons. The molecule has 2 heteroatoms. The van der Waals surface area contributed by atoms with Crippen LogP contribution in [-0.4, -0.2) is 16.1 Å². The van der Waals surface area contributed by atoms with E-state index in [1.165, 1.54) is 0 Å². The van der Waals surface area contributed by atoms with E-state index in [4.69, 9.17) is 11.6 Å². The zero-order valence-electron chi connectivity index (χ0n) is 7.47. The van der Waals surface area contributed by atoms with E-state index in [0.717, 1.165) is 12.8 Å². The van der Waals surface area contributed by atoms with E-state index in [1.54, 1.807) is 0 Å². The molecule has 0 saturated heterocycles. The van der Waals surface area contributed by atoms with E-state index in [1.807, 2.05) is 13.8 Å². The highest BCUT2D eigenvalue weighted by Gasteiger charge is 2.40. The van der Waals surface area contributed by atoms with Gasteiger partial charge < -0.3 is 5.11 Å². The summed E-state index contributed by atoms with van der Waals surface area (Å²) in [5, 5.41) is 9.71. The van der Waals surface area contributed by atoms with E-state index in [0.29, 0.717) is 5.92 Å². The van der Waals surface area contributed by atoms with Crippen molar-refractivity contribution in [3.05, 3.63) is 0 Å². The van der Waals surface area contributed by atoms with Crippen LogP contribution in [0.1, 0.15) is 33.6 Å². The van der Waals surface area contributed by atoms with E-state index in [-0.39, 0.29) is 16.9 Å². The molecular weight excluding hydrogens is 160 g/mol. The molecule has 1 aliphatic rings. The van der Waals surface area contributed by atoms with E-state index in [9.17, 15) is 5.11 Å². The van der Waals surface area contributed by atoms with Gasteiger partial charge in [0.1, 0.15) is 0 Å². The van der Waals surface area contributed by atoms with Gasteiger partial charge in [-0.25, -0.2) is 0 Å². The van der Waals surface area contributed by atoms with E-state index < -0.39 is 0 Å². The van der Waals surface area contributed by atoms with Gasteiger partial charge in [-0.05, 0) is 32.6 Å². The second kappa shape index (κ2) is 2.95. The van der Waals surface area contributed by atoms with Crippen LogP contribution in [0.5, 0.6) is 0 Å². The number of aliphatic hydroxyl groups excluding tert-OH is 1. The fourth-order valence-electron chi connectivity index (χ4n) is 1.93. The zero-order chi connectivity index (χ0) is 8.65. The topological polar surface area (TPSA) is 20.2 Å². The van der Waals surface area contributed by atoms with Crippen LogP contribution in [0.3, 0.4) is 0 Å². The van der Waals surface area contributed by atoms with Gasteiger partial charge in [0.05, 0.1) is 6.10 Å². The Morgan fingerprint density at radius 1 is 1.36 bits per heavy atom. The summed E-state index contributed by atoms with van der Waals surface area (Å²) < 4.78 is 0. The first-order valence-corrected chi connectivity index (χ1v) is 4.67. The molecule has 0 radical (unpaired) electrons. The third-order valence-corrected chi connectivity index (χ3v) is 3.09. The first-order chi connectivity index (χ1) is 4.93. The summed E-state index contributed by atoms with van der Waals surface area (Å²) in [4.78, 5) is -0.246. The first-order valence-electron chi connectivity index (χ1n) is 4.30. The monoisotopic (exact) mass is 176 g/mol. The van der Waals surface area contributed by atoms with Crippen molar-refractivity contribution in [2.24, 2.45) is 11.8 Å². The number of rotatable bonds is 1. The van der Waals surface area contributed by atoms with Gasteiger partial charge in [0.15, 0.2) is 0 Å². The van der Waals surface area contributed by atoms with Crippen molar-refractivity contribution in [2.45, 2.75) is 44.6 Å². The predicted octanol–water partition coefficient (Wildman–Crippen LogP) is 2.41. The van der Waals surface area contributed by atoms with Gasteiger partial charge in [-0.15, -0.1) is 11.6 Å². The van der Waals surface area contributed by atoms with Crippen molar-refractivity contribution < 1.29 is 5.11 Å². The number of halogens is 1. The maximum Gasteiger partial charge on any atom is 0.0610 e. The van der Waals surface area contributed by atoms with Crippen molar-refractivity contribution >= 4 is 11.6 Å². The molecule has 1 saturated carbocycles. The first kappa shape index (κ1) is 9.34. The summed E-state index contributed by atoms with van der Waals surface area (Å²) in [6.45, 7) is 6.06. The molecule has 0 amide bonds. The molecule has 0 aromatic heterocycles. The molecule has 0 aromatic carbocycles. The highest BCUT2D eigenvalue weighted by molar-refractivity contribution is 6.23. The summed E-state index contributed by atoms with van der Waals surface area (Å²) in [5.74, 6) is 0.706. The van der Waals surface area contributed by atoms with Crippen LogP contribution in [0.2, 0.25) is 0 Å². The molecule has 0 spiro atoms. The van der Waals surface area contributed by atoms with Crippen LogP contribution < -0.4 is 0 Å². The lowest BCUT2D eigenvalue weighted by molar-refractivity contribution is 0.0837. The number of aliphatic hydroxyl groups is 1. The van der Waals surface area contributed by atoms with Crippen molar-refractivity contribution in [2.75, 3.05) is 0 Å². The second-order valence-electron chi connectivity index (χ2n) is 4.22. The molecule has 11 heavy (non-hydrogen) atoms. The van der Waals surface area contributed by atoms with Gasteiger partial charge >= 0.3 is 0 Å². The fourth-order valence-corrected chi connectivity index (χ4v) is 2.17. The Kier molecular flexibility index (Phi) is 2.50. The van der Waals surface area contributed by atoms with Crippen LogP contribution in [0.25, 0.3) is 0 Å². The van der Waals surface area contributed by atoms with Crippen molar-refractivity contribution in [1.29, 1.82) is 0 Å². The SMILES string of the molecule is C[C@@H]1CC[C@@H](C(C)(C)Cl)[C@@H]1O. The lowest BCUT2D eigenvalue weighted by atomic mass is 9.90. The number of hydrogen-bond donors (Lipinski definition) is 1. The maximum absolute atomic E-state index is 9.71. The number of alkyl halides is 1. The summed E-state index contributed by atoms with van der Waals surface area (Å²) in [6.07, 6.45) is 1.99. The lowest BCUT2D eigenvalue weighted by Crippen LogP contribution is -2.33. The van der Waals surface area contributed by atoms with Gasteiger partial charge in [-0.2, -0.15) is 0 Å². The zero-order valence-corrected chi connectivity index (χ0v) is 8.23. The third-order valence-electron chi connectivity index (χ3n) is 2.81. The minimum atomic E-state index is -0.246. The smallest absolute Gasteiger partial charge is 0.0610 e. The quantitative estimate of drug-likeness (QED) is 0.609. The van der Waals surface area contributed by atoms with Gasteiger partial charge in [0.25, 0.3) is 0 Å². The Balaban J connectivity index is 2.62.